The monoisotopic (exact) mass is 543 g/mol. The number of benzene rings is 3. The Labute approximate surface area is 231 Å². The largest absolute Gasteiger partial charge is 0.481 e. The number of carboxylic acids is 1. The lowest BCUT2D eigenvalue weighted by Crippen LogP contribution is -2.02. The third-order valence-electron chi connectivity index (χ3n) is 6.51. The molecule has 2 aliphatic rings. The Morgan fingerprint density at radius 2 is 1.76 bits per heavy atom. The van der Waals surface area contributed by atoms with Crippen molar-refractivity contribution in [1.82, 2.24) is 4.98 Å². The highest BCUT2D eigenvalue weighted by Crippen LogP contribution is 2.45. The first-order chi connectivity index (χ1) is 18.4. The number of carboxylic acid groups (broad SMARTS) is 1. The molecule has 0 amide bonds. The molecule has 0 aliphatic heterocycles. The highest BCUT2D eigenvalue weighted by atomic mass is 35.5. The summed E-state index contributed by atoms with van der Waals surface area (Å²) in [5, 5.41) is 8.58. The molecule has 1 atom stereocenters. The second kappa shape index (κ2) is 11.5. The van der Waals surface area contributed by atoms with Crippen molar-refractivity contribution in [2.75, 3.05) is 5.75 Å². The van der Waals surface area contributed by atoms with Crippen molar-refractivity contribution in [3.8, 4) is 0 Å². The van der Waals surface area contributed by atoms with Gasteiger partial charge in [-0.15, -0.1) is 11.8 Å². The first-order valence-corrected chi connectivity index (χ1v) is 14.0. The van der Waals surface area contributed by atoms with Crippen molar-refractivity contribution in [2.45, 2.75) is 25.0 Å². The standard InChI is InChI=1S/C30H23ClFNS.C2H4O2/c31-27-17-29-23(16-28(27)32)12-14-24(33-29)13-8-19-7-9-22-11-10-21-3-1-2-4-25(21)30(26(22)15-19)34-18-20-5-6-20;1-2(3)4/h1-4,7-17,20,30H,5-6,18H2;1H3,(H,3,4)/b13-8+;. The Morgan fingerprint density at radius 1 is 1.03 bits per heavy atom. The summed E-state index contributed by atoms with van der Waals surface area (Å²) < 4.78 is 13.7. The normalized spacial score (nSPS) is 15.9. The van der Waals surface area contributed by atoms with E-state index < -0.39 is 11.8 Å². The van der Waals surface area contributed by atoms with Gasteiger partial charge in [-0.25, -0.2) is 9.37 Å². The zero-order valence-electron chi connectivity index (χ0n) is 20.9. The summed E-state index contributed by atoms with van der Waals surface area (Å²) in [6.07, 6.45) is 11.3. The van der Waals surface area contributed by atoms with Gasteiger partial charge in [-0.05, 0) is 82.7 Å². The van der Waals surface area contributed by atoms with E-state index in [1.807, 2.05) is 18.2 Å². The van der Waals surface area contributed by atoms with Gasteiger partial charge in [0.1, 0.15) is 5.82 Å². The molecule has 1 aromatic heterocycles. The molecule has 1 saturated carbocycles. The maximum Gasteiger partial charge on any atom is 0.300 e. The zero-order valence-corrected chi connectivity index (χ0v) is 22.5. The van der Waals surface area contributed by atoms with E-state index in [1.54, 1.807) is 6.07 Å². The van der Waals surface area contributed by atoms with Gasteiger partial charge < -0.3 is 5.11 Å². The lowest BCUT2D eigenvalue weighted by atomic mass is 9.97. The third kappa shape index (κ3) is 6.35. The summed E-state index contributed by atoms with van der Waals surface area (Å²) in [5.41, 5.74) is 7.99. The van der Waals surface area contributed by atoms with E-state index in [-0.39, 0.29) is 5.02 Å². The molecular formula is C32H27ClFNO2S. The molecule has 1 heterocycles. The topological polar surface area (TPSA) is 50.2 Å². The van der Waals surface area contributed by atoms with E-state index in [0.717, 1.165) is 29.5 Å². The highest BCUT2D eigenvalue weighted by molar-refractivity contribution is 7.99. The van der Waals surface area contributed by atoms with Crippen LogP contribution in [0.2, 0.25) is 5.02 Å². The van der Waals surface area contributed by atoms with Crippen molar-refractivity contribution >= 4 is 64.5 Å². The fourth-order valence-electron chi connectivity index (χ4n) is 4.43. The molecule has 1 fully saturated rings. The van der Waals surface area contributed by atoms with Crippen LogP contribution in [0, 0.1) is 11.7 Å². The molecule has 6 heteroatoms. The summed E-state index contributed by atoms with van der Waals surface area (Å²) in [7, 11) is 0. The molecule has 0 radical (unpaired) electrons. The van der Waals surface area contributed by atoms with Crippen molar-refractivity contribution in [1.29, 1.82) is 0 Å². The Hall–Kier alpha value is -3.41. The minimum atomic E-state index is -0.833. The molecule has 0 bridgehead atoms. The van der Waals surface area contributed by atoms with Crippen LogP contribution in [-0.4, -0.2) is 21.8 Å². The number of rotatable bonds is 5. The number of thioether (sulfide) groups is 1. The maximum atomic E-state index is 13.7. The predicted octanol–water partition coefficient (Wildman–Crippen LogP) is 9.00. The summed E-state index contributed by atoms with van der Waals surface area (Å²) in [6, 6.07) is 22.2. The average molecular weight is 544 g/mol. The van der Waals surface area contributed by atoms with Crippen molar-refractivity contribution < 1.29 is 14.3 Å². The van der Waals surface area contributed by atoms with Gasteiger partial charge in [0.2, 0.25) is 0 Å². The second-order valence-electron chi connectivity index (χ2n) is 9.55. The van der Waals surface area contributed by atoms with Crippen molar-refractivity contribution in [3.05, 3.63) is 111 Å². The number of aliphatic carboxylic acids is 1. The first kappa shape index (κ1) is 26.2. The second-order valence-corrected chi connectivity index (χ2v) is 11.1. The number of fused-ring (bicyclic) bond motifs is 3. The molecule has 38 heavy (non-hydrogen) atoms. The van der Waals surface area contributed by atoms with E-state index in [4.69, 9.17) is 21.5 Å². The van der Waals surface area contributed by atoms with E-state index in [0.29, 0.717) is 10.8 Å². The number of hydrogen-bond donors (Lipinski definition) is 1. The first-order valence-electron chi connectivity index (χ1n) is 12.5. The lowest BCUT2D eigenvalue weighted by Gasteiger charge is -2.20. The van der Waals surface area contributed by atoms with E-state index in [2.05, 4.69) is 77.4 Å². The van der Waals surface area contributed by atoms with Crippen LogP contribution < -0.4 is 0 Å². The van der Waals surface area contributed by atoms with Crippen molar-refractivity contribution in [2.24, 2.45) is 5.92 Å². The minimum absolute atomic E-state index is 0.0926. The number of aromatic nitrogens is 1. The molecule has 0 saturated heterocycles. The minimum Gasteiger partial charge on any atom is -0.481 e. The highest BCUT2D eigenvalue weighted by Gasteiger charge is 2.27. The number of nitrogens with zero attached hydrogens (tertiary/aromatic N) is 1. The van der Waals surface area contributed by atoms with Crippen LogP contribution in [0.4, 0.5) is 4.39 Å². The van der Waals surface area contributed by atoms with Gasteiger partial charge in [0.15, 0.2) is 0 Å². The number of pyridine rings is 1. The summed E-state index contributed by atoms with van der Waals surface area (Å²) in [4.78, 5) is 13.6. The maximum absolute atomic E-state index is 13.7. The van der Waals surface area contributed by atoms with Crippen molar-refractivity contribution in [3.63, 3.8) is 0 Å². The molecule has 1 N–H and O–H groups in total. The van der Waals surface area contributed by atoms with E-state index >= 15 is 0 Å². The molecule has 192 valence electrons. The Balaban J connectivity index is 0.000000689. The molecule has 6 rings (SSSR count). The average Bonchev–Trinajstić information content (AvgIpc) is 3.73. The zero-order chi connectivity index (χ0) is 26.6. The van der Waals surface area contributed by atoms with Gasteiger partial charge in [0, 0.05) is 12.3 Å². The number of halogens is 2. The van der Waals surface area contributed by atoms with Crippen LogP contribution in [0.15, 0.2) is 66.7 Å². The summed E-state index contributed by atoms with van der Waals surface area (Å²) in [6.45, 7) is 1.08. The van der Waals surface area contributed by atoms with Crippen LogP contribution >= 0.6 is 23.4 Å². The van der Waals surface area contributed by atoms with Crippen LogP contribution in [0.1, 0.15) is 58.5 Å². The Bertz CT molecular complexity index is 1560. The summed E-state index contributed by atoms with van der Waals surface area (Å²) >= 11 is 8.03. The Kier molecular flexibility index (Phi) is 7.96. The fraction of sp³-hybridized carbons (Fsp3) is 0.188. The van der Waals surface area contributed by atoms with Crippen LogP contribution in [0.5, 0.6) is 0 Å². The molecule has 4 aromatic rings. The predicted molar refractivity (Wildman–Crippen MR) is 158 cm³/mol. The summed E-state index contributed by atoms with van der Waals surface area (Å²) in [5.74, 6) is 0.831. The number of carbonyl (C=O) groups is 1. The molecular weight excluding hydrogens is 517 g/mol. The SMILES string of the molecule is CC(=O)O.Fc1cc2ccc(/C=C/c3ccc4c(c3)C(SCC3CC3)c3ccccc3C=C4)nc2cc1Cl. The van der Waals surface area contributed by atoms with E-state index in [9.17, 15) is 4.39 Å². The number of hydrogen-bond acceptors (Lipinski definition) is 3. The third-order valence-corrected chi connectivity index (χ3v) is 8.30. The van der Waals surface area contributed by atoms with Gasteiger partial charge in [0.05, 0.1) is 21.5 Å². The quantitative estimate of drug-likeness (QED) is 0.273. The molecule has 2 aliphatic carbocycles. The van der Waals surface area contributed by atoms with Gasteiger partial charge in [-0.3, -0.25) is 4.79 Å². The molecule has 1 unspecified atom stereocenters. The van der Waals surface area contributed by atoms with Gasteiger partial charge in [0.25, 0.3) is 5.97 Å². The lowest BCUT2D eigenvalue weighted by molar-refractivity contribution is -0.134. The molecule has 3 nitrogen and oxygen atoms in total. The van der Waals surface area contributed by atoms with Gasteiger partial charge in [-0.2, -0.15) is 0 Å². The van der Waals surface area contributed by atoms with E-state index in [1.165, 1.54) is 46.9 Å². The Morgan fingerprint density at radius 3 is 2.53 bits per heavy atom. The fourth-order valence-corrected chi connectivity index (χ4v) is 6.16. The van der Waals surface area contributed by atoms with Gasteiger partial charge >= 0.3 is 0 Å². The molecule has 0 spiro atoms. The van der Waals surface area contributed by atoms with Gasteiger partial charge in [-0.1, -0.05) is 72.3 Å². The van der Waals surface area contributed by atoms with Crippen LogP contribution in [-0.2, 0) is 4.79 Å². The van der Waals surface area contributed by atoms with Crippen LogP contribution in [0.3, 0.4) is 0 Å². The smallest absolute Gasteiger partial charge is 0.300 e. The molecule has 3 aromatic carbocycles. The van der Waals surface area contributed by atoms with Crippen LogP contribution in [0.25, 0.3) is 35.2 Å².